The van der Waals surface area contributed by atoms with Gasteiger partial charge in [0.15, 0.2) is 5.76 Å². The molecular weight excluding hydrogens is 204 g/mol. The molecule has 0 saturated carbocycles. The average Bonchev–Trinajstić information content (AvgIpc) is 2.67. The Labute approximate surface area is 93.4 Å². The summed E-state index contributed by atoms with van der Waals surface area (Å²) in [4.78, 5) is 3.97. The highest BCUT2D eigenvalue weighted by Crippen LogP contribution is 2.26. The maximum absolute atomic E-state index is 5.76. The Bertz CT molecular complexity index is 492. The van der Waals surface area contributed by atoms with Gasteiger partial charge in [-0.3, -0.25) is 0 Å². The van der Waals surface area contributed by atoms with Gasteiger partial charge in [0.2, 0.25) is 0 Å². The van der Waals surface area contributed by atoms with E-state index < -0.39 is 0 Å². The van der Waals surface area contributed by atoms with Gasteiger partial charge in [-0.25, -0.2) is 4.98 Å². The lowest BCUT2D eigenvalue weighted by Crippen LogP contribution is -1.97. The molecule has 0 spiro atoms. The number of nitrogens with two attached hydrogens (primary N) is 2. The molecule has 0 atom stereocenters. The van der Waals surface area contributed by atoms with E-state index in [1.807, 2.05) is 6.07 Å². The van der Waals surface area contributed by atoms with Gasteiger partial charge in [-0.15, -0.1) is 0 Å². The highest BCUT2D eigenvalue weighted by Gasteiger charge is 2.10. The first-order chi connectivity index (χ1) is 7.70. The lowest BCUT2D eigenvalue weighted by atomic mass is 10.1. The Morgan fingerprint density at radius 2 is 2.12 bits per heavy atom. The largest absolute Gasteiger partial charge is 0.384 e. The predicted octanol–water partition coefficient (Wildman–Crippen LogP) is 1.85. The van der Waals surface area contributed by atoms with Crippen LogP contribution >= 0.6 is 0 Å². The van der Waals surface area contributed by atoms with E-state index >= 15 is 0 Å². The maximum atomic E-state index is 5.76. The molecule has 0 aromatic carbocycles. The third-order valence-corrected chi connectivity index (χ3v) is 2.28. The van der Waals surface area contributed by atoms with Crippen molar-refractivity contribution in [2.75, 3.05) is 11.5 Å². The van der Waals surface area contributed by atoms with Crippen LogP contribution in [0.25, 0.3) is 11.3 Å². The molecule has 84 valence electrons. The molecule has 0 aliphatic heterocycles. The van der Waals surface area contributed by atoms with E-state index in [4.69, 9.17) is 16.0 Å². The molecule has 16 heavy (non-hydrogen) atoms. The number of aryl methyl sites for hydroxylation is 1. The minimum absolute atomic E-state index is 0.360. The second kappa shape index (κ2) is 4.22. The second-order valence-corrected chi connectivity index (χ2v) is 3.60. The molecule has 0 fully saturated rings. The highest BCUT2D eigenvalue weighted by atomic mass is 16.5. The van der Waals surface area contributed by atoms with Crippen molar-refractivity contribution in [1.82, 2.24) is 10.1 Å². The molecular formula is C11H14N4O. The van der Waals surface area contributed by atoms with Crippen LogP contribution in [-0.4, -0.2) is 10.1 Å². The van der Waals surface area contributed by atoms with Gasteiger partial charge in [-0.1, -0.05) is 18.5 Å². The predicted molar refractivity (Wildman–Crippen MR) is 62.6 cm³/mol. The van der Waals surface area contributed by atoms with Gasteiger partial charge in [0, 0.05) is 6.07 Å². The number of hydrogen-bond acceptors (Lipinski definition) is 5. The Morgan fingerprint density at radius 1 is 1.31 bits per heavy atom. The van der Waals surface area contributed by atoms with Crippen molar-refractivity contribution >= 4 is 11.6 Å². The number of rotatable bonds is 3. The zero-order valence-corrected chi connectivity index (χ0v) is 9.10. The smallest absolute Gasteiger partial charge is 0.170 e. The zero-order valence-electron chi connectivity index (χ0n) is 9.10. The summed E-state index contributed by atoms with van der Waals surface area (Å²) in [5, 5.41) is 3.96. The van der Waals surface area contributed by atoms with E-state index in [1.54, 1.807) is 12.1 Å². The second-order valence-electron chi connectivity index (χ2n) is 3.60. The first kappa shape index (κ1) is 10.5. The van der Waals surface area contributed by atoms with Gasteiger partial charge in [-0.05, 0) is 18.6 Å². The maximum Gasteiger partial charge on any atom is 0.170 e. The summed E-state index contributed by atoms with van der Waals surface area (Å²) in [6.07, 6.45) is 1.92. The zero-order chi connectivity index (χ0) is 11.5. The van der Waals surface area contributed by atoms with Gasteiger partial charge >= 0.3 is 0 Å². The summed E-state index contributed by atoms with van der Waals surface area (Å²) >= 11 is 0. The number of anilines is 2. The first-order valence-corrected chi connectivity index (χ1v) is 5.18. The number of hydrogen-bond donors (Lipinski definition) is 2. The van der Waals surface area contributed by atoms with Crippen LogP contribution in [0.2, 0.25) is 0 Å². The number of nitrogens with zero attached hydrogens (tertiary/aromatic N) is 2. The summed E-state index contributed by atoms with van der Waals surface area (Å²) in [5.74, 6) is 1.39. The number of nitrogen functional groups attached to an aromatic ring is 2. The Kier molecular flexibility index (Phi) is 2.76. The lowest BCUT2D eigenvalue weighted by molar-refractivity contribution is 0.423. The van der Waals surface area contributed by atoms with Gasteiger partial charge in [0.05, 0.1) is 11.3 Å². The van der Waals surface area contributed by atoms with Crippen molar-refractivity contribution in [2.24, 2.45) is 0 Å². The van der Waals surface area contributed by atoms with E-state index in [0.29, 0.717) is 17.4 Å². The van der Waals surface area contributed by atoms with Crippen LogP contribution in [0.1, 0.15) is 19.0 Å². The first-order valence-electron chi connectivity index (χ1n) is 5.18. The van der Waals surface area contributed by atoms with Gasteiger partial charge < -0.3 is 16.0 Å². The molecule has 5 heteroatoms. The van der Waals surface area contributed by atoms with Crippen LogP contribution in [0.4, 0.5) is 11.6 Å². The average molecular weight is 218 g/mol. The Hall–Kier alpha value is -2.04. The van der Waals surface area contributed by atoms with E-state index in [0.717, 1.165) is 24.1 Å². The molecule has 5 nitrogen and oxygen atoms in total. The summed E-state index contributed by atoms with van der Waals surface area (Å²) in [5.41, 5.74) is 12.9. The van der Waals surface area contributed by atoms with Crippen molar-refractivity contribution in [3.63, 3.8) is 0 Å². The summed E-state index contributed by atoms with van der Waals surface area (Å²) in [7, 11) is 0. The lowest BCUT2D eigenvalue weighted by Gasteiger charge is -2.00. The van der Waals surface area contributed by atoms with Crippen molar-refractivity contribution in [3.05, 3.63) is 23.9 Å². The van der Waals surface area contributed by atoms with Gasteiger partial charge in [0.25, 0.3) is 0 Å². The fourth-order valence-electron chi connectivity index (χ4n) is 1.51. The third-order valence-electron chi connectivity index (χ3n) is 2.28. The van der Waals surface area contributed by atoms with Crippen molar-refractivity contribution in [3.8, 4) is 11.3 Å². The molecule has 0 aliphatic carbocycles. The monoisotopic (exact) mass is 218 g/mol. The van der Waals surface area contributed by atoms with Crippen LogP contribution in [0, 0.1) is 0 Å². The molecule has 0 unspecified atom stereocenters. The van der Waals surface area contributed by atoms with Crippen LogP contribution in [0.3, 0.4) is 0 Å². The van der Waals surface area contributed by atoms with E-state index in [1.165, 1.54) is 0 Å². The van der Waals surface area contributed by atoms with Gasteiger partial charge in [-0.2, -0.15) is 0 Å². The summed E-state index contributed by atoms with van der Waals surface area (Å²) in [6.45, 7) is 2.09. The van der Waals surface area contributed by atoms with Crippen molar-refractivity contribution in [2.45, 2.75) is 19.8 Å². The minimum atomic E-state index is 0.360. The fraction of sp³-hybridized carbons (Fsp3) is 0.273. The molecule has 4 N–H and O–H groups in total. The quantitative estimate of drug-likeness (QED) is 0.820. The highest BCUT2D eigenvalue weighted by molar-refractivity contribution is 5.71. The van der Waals surface area contributed by atoms with Gasteiger partial charge in [0.1, 0.15) is 11.6 Å². The molecule has 2 heterocycles. The van der Waals surface area contributed by atoms with E-state index in [-0.39, 0.29) is 0 Å². The SMILES string of the molecule is CCCc1cc(-c2ccc(N)nc2N)on1. The van der Waals surface area contributed by atoms with Crippen LogP contribution in [0.5, 0.6) is 0 Å². The van der Waals surface area contributed by atoms with Crippen LogP contribution in [-0.2, 0) is 6.42 Å². The molecule has 0 bridgehead atoms. The Morgan fingerprint density at radius 3 is 2.81 bits per heavy atom. The molecule has 0 aliphatic rings. The molecule has 0 amide bonds. The normalized spacial score (nSPS) is 10.6. The Balaban J connectivity index is 2.35. The van der Waals surface area contributed by atoms with Crippen LogP contribution < -0.4 is 11.5 Å². The van der Waals surface area contributed by atoms with E-state index in [2.05, 4.69) is 17.1 Å². The van der Waals surface area contributed by atoms with Crippen molar-refractivity contribution < 1.29 is 4.52 Å². The number of aromatic nitrogens is 2. The summed E-state index contributed by atoms with van der Waals surface area (Å²) < 4.78 is 5.21. The molecule has 2 rings (SSSR count). The molecule has 0 saturated heterocycles. The van der Waals surface area contributed by atoms with E-state index in [9.17, 15) is 0 Å². The molecule has 2 aromatic rings. The van der Waals surface area contributed by atoms with Crippen molar-refractivity contribution in [1.29, 1.82) is 0 Å². The number of pyridine rings is 1. The summed E-state index contributed by atoms with van der Waals surface area (Å²) in [6, 6.07) is 5.36. The third kappa shape index (κ3) is 1.98. The fourth-order valence-corrected chi connectivity index (χ4v) is 1.51. The molecule has 2 aromatic heterocycles. The standard InChI is InChI=1S/C11H14N4O/c1-2-3-7-6-9(16-15-7)8-4-5-10(12)14-11(8)13/h4-6H,2-3H2,1H3,(H4,12,13,14). The van der Waals surface area contributed by atoms with Crippen LogP contribution in [0.15, 0.2) is 22.7 Å². The minimum Gasteiger partial charge on any atom is -0.384 e. The molecule has 0 radical (unpaired) electrons. The topological polar surface area (TPSA) is 91.0 Å².